The average molecular weight is 403 g/mol. The number of fused-ring (bicyclic) bond motifs is 1. The highest BCUT2D eigenvalue weighted by Crippen LogP contribution is 2.31. The van der Waals surface area contributed by atoms with E-state index < -0.39 is 5.82 Å². The molecule has 2 amide bonds. The van der Waals surface area contributed by atoms with Crippen molar-refractivity contribution >= 4 is 29.1 Å². The number of halogens is 2. The maximum Gasteiger partial charge on any atom is 0.261 e. The van der Waals surface area contributed by atoms with Crippen molar-refractivity contribution in [2.45, 2.75) is 38.3 Å². The molecule has 1 fully saturated rings. The Balaban J connectivity index is 1.42. The Labute approximate surface area is 167 Å². The third-order valence-corrected chi connectivity index (χ3v) is 5.39. The van der Waals surface area contributed by atoms with Crippen LogP contribution in [-0.2, 0) is 22.6 Å². The van der Waals surface area contributed by atoms with Gasteiger partial charge >= 0.3 is 0 Å². The summed E-state index contributed by atoms with van der Waals surface area (Å²) < 4.78 is 19.8. The van der Waals surface area contributed by atoms with Crippen molar-refractivity contribution in [3.8, 4) is 5.75 Å². The molecule has 0 unspecified atom stereocenters. The Bertz CT molecular complexity index is 910. The number of nitrogens with zero attached hydrogens (tertiary/aromatic N) is 1. The van der Waals surface area contributed by atoms with Crippen LogP contribution in [0.1, 0.15) is 30.4 Å². The molecule has 1 saturated carbocycles. The Morgan fingerprint density at radius 2 is 2.07 bits per heavy atom. The summed E-state index contributed by atoms with van der Waals surface area (Å²) in [7, 11) is 0. The van der Waals surface area contributed by atoms with Gasteiger partial charge in [-0.1, -0.05) is 17.7 Å². The van der Waals surface area contributed by atoms with Crippen LogP contribution in [-0.4, -0.2) is 29.4 Å². The van der Waals surface area contributed by atoms with Crippen molar-refractivity contribution in [2.24, 2.45) is 0 Å². The van der Waals surface area contributed by atoms with Crippen LogP contribution in [0.25, 0.3) is 0 Å². The number of hydrogen-bond acceptors (Lipinski definition) is 3. The second kappa shape index (κ2) is 7.80. The zero-order valence-corrected chi connectivity index (χ0v) is 16.0. The van der Waals surface area contributed by atoms with E-state index in [9.17, 15) is 14.0 Å². The number of carbonyl (C=O) groups excluding carboxylic acids is 2. The third-order valence-electron chi connectivity index (χ3n) is 5.03. The number of rotatable bonds is 6. The summed E-state index contributed by atoms with van der Waals surface area (Å²) in [5.74, 6) is -0.0393. The first kappa shape index (κ1) is 18.7. The lowest BCUT2D eigenvalue weighted by Gasteiger charge is -2.24. The molecule has 2 aliphatic rings. The minimum absolute atomic E-state index is 0.00299. The standard InChI is InChI=1S/C21H20ClFN2O3/c22-17-2-1-3-18(23)16(17)11-25(14-5-6-14)21(27)12-28-15-7-8-19-13(10-15)4-9-20(26)24-19/h1-3,7-8,10,14H,4-6,9,11-12H2,(H,24,26). The first-order chi connectivity index (χ1) is 13.5. The van der Waals surface area contributed by atoms with Crippen LogP contribution < -0.4 is 10.1 Å². The van der Waals surface area contributed by atoms with E-state index >= 15 is 0 Å². The molecule has 1 N–H and O–H groups in total. The molecule has 0 aromatic heterocycles. The summed E-state index contributed by atoms with van der Waals surface area (Å²) in [6, 6.07) is 9.97. The van der Waals surface area contributed by atoms with Crippen LogP contribution in [0.15, 0.2) is 36.4 Å². The van der Waals surface area contributed by atoms with Crippen LogP contribution in [0.2, 0.25) is 5.02 Å². The number of carbonyl (C=O) groups is 2. The van der Waals surface area contributed by atoms with E-state index in [4.69, 9.17) is 16.3 Å². The molecule has 1 aliphatic carbocycles. The first-order valence-electron chi connectivity index (χ1n) is 9.29. The van der Waals surface area contributed by atoms with E-state index in [1.165, 1.54) is 6.07 Å². The van der Waals surface area contributed by atoms with Crippen molar-refractivity contribution in [2.75, 3.05) is 11.9 Å². The fourth-order valence-electron chi connectivity index (χ4n) is 3.34. The zero-order chi connectivity index (χ0) is 19.7. The van der Waals surface area contributed by atoms with Crippen LogP contribution in [0, 0.1) is 5.82 Å². The lowest BCUT2D eigenvalue weighted by molar-refractivity contribution is -0.134. The first-order valence-corrected chi connectivity index (χ1v) is 9.67. The van der Waals surface area contributed by atoms with E-state index in [-0.39, 0.29) is 31.0 Å². The molecule has 146 valence electrons. The summed E-state index contributed by atoms with van der Waals surface area (Å²) in [6.07, 6.45) is 2.88. The van der Waals surface area contributed by atoms with E-state index in [2.05, 4.69) is 5.32 Å². The normalized spacial score (nSPS) is 15.6. The Morgan fingerprint density at radius 3 is 2.82 bits per heavy atom. The second-order valence-electron chi connectivity index (χ2n) is 7.11. The van der Waals surface area contributed by atoms with Gasteiger partial charge in [-0.2, -0.15) is 0 Å². The van der Waals surface area contributed by atoms with Crippen molar-refractivity contribution in [1.29, 1.82) is 0 Å². The molecule has 0 bridgehead atoms. The SMILES string of the molecule is O=C1CCc2cc(OCC(=O)N(Cc3c(F)cccc3Cl)C3CC3)ccc2N1. The van der Waals surface area contributed by atoms with Crippen LogP contribution in [0.3, 0.4) is 0 Å². The molecule has 28 heavy (non-hydrogen) atoms. The lowest BCUT2D eigenvalue weighted by Crippen LogP contribution is -2.36. The number of nitrogens with one attached hydrogen (secondary N) is 1. The summed E-state index contributed by atoms with van der Waals surface area (Å²) in [4.78, 5) is 25.8. The Kier molecular flexibility index (Phi) is 5.22. The maximum atomic E-state index is 14.1. The number of anilines is 1. The summed E-state index contributed by atoms with van der Waals surface area (Å²) >= 11 is 6.11. The molecule has 4 rings (SSSR count). The third kappa shape index (κ3) is 4.12. The van der Waals surface area contributed by atoms with Crippen molar-refractivity contribution < 1.29 is 18.7 Å². The van der Waals surface area contributed by atoms with Gasteiger partial charge in [0, 0.05) is 28.7 Å². The van der Waals surface area contributed by atoms with Gasteiger partial charge in [0.15, 0.2) is 6.61 Å². The molecule has 1 aliphatic heterocycles. The molecule has 0 atom stereocenters. The average Bonchev–Trinajstić information content (AvgIpc) is 3.51. The smallest absolute Gasteiger partial charge is 0.261 e. The quantitative estimate of drug-likeness (QED) is 0.796. The molecule has 5 nitrogen and oxygen atoms in total. The predicted molar refractivity (Wildman–Crippen MR) is 104 cm³/mol. The van der Waals surface area contributed by atoms with Gasteiger partial charge in [0.05, 0.1) is 6.54 Å². The molecule has 1 heterocycles. The largest absolute Gasteiger partial charge is 0.484 e. The molecule has 0 saturated heterocycles. The van der Waals surface area contributed by atoms with Gasteiger partial charge in [-0.25, -0.2) is 4.39 Å². The Morgan fingerprint density at radius 1 is 1.25 bits per heavy atom. The molecule has 0 radical (unpaired) electrons. The molecule has 7 heteroatoms. The van der Waals surface area contributed by atoms with E-state index in [0.717, 1.165) is 24.1 Å². The highest BCUT2D eigenvalue weighted by Gasteiger charge is 2.33. The number of hydrogen-bond donors (Lipinski definition) is 1. The fourth-order valence-corrected chi connectivity index (χ4v) is 3.56. The minimum atomic E-state index is -0.413. The van der Waals surface area contributed by atoms with Crippen molar-refractivity contribution in [3.63, 3.8) is 0 Å². The zero-order valence-electron chi connectivity index (χ0n) is 15.2. The summed E-state index contributed by atoms with van der Waals surface area (Å²) in [5, 5.41) is 3.13. The topological polar surface area (TPSA) is 58.6 Å². The molecular weight excluding hydrogens is 383 g/mol. The van der Waals surface area contributed by atoms with E-state index in [1.807, 2.05) is 6.07 Å². The number of ether oxygens (including phenoxy) is 1. The number of aryl methyl sites for hydroxylation is 1. The van der Waals surface area contributed by atoms with Gasteiger partial charge in [-0.15, -0.1) is 0 Å². The highest BCUT2D eigenvalue weighted by atomic mass is 35.5. The van der Waals surface area contributed by atoms with Crippen LogP contribution >= 0.6 is 11.6 Å². The van der Waals surface area contributed by atoms with Gasteiger partial charge in [0.25, 0.3) is 5.91 Å². The lowest BCUT2D eigenvalue weighted by atomic mass is 10.0. The second-order valence-corrected chi connectivity index (χ2v) is 7.52. The molecule has 2 aromatic carbocycles. The summed E-state index contributed by atoms with van der Waals surface area (Å²) in [6.45, 7) is 0.00229. The summed E-state index contributed by atoms with van der Waals surface area (Å²) in [5.41, 5.74) is 2.10. The predicted octanol–water partition coefficient (Wildman–Crippen LogP) is 3.93. The molecular formula is C21H20ClFN2O3. The van der Waals surface area contributed by atoms with Crippen LogP contribution in [0.4, 0.5) is 10.1 Å². The fraction of sp³-hybridized carbons (Fsp3) is 0.333. The van der Waals surface area contributed by atoms with Gasteiger partial charge in [-0.05, 0) is 55.2 Å². The monoisotopic (exact) mass is 402 g/mol. The van der Waals surface area contributed by atoms with Gasteiger partial charge in [0.1, 0.15) is 11.6 Å². The number of amides is 2. The molecule has 2 aromatic rings. The molecule has 0 spiro atoms. The van der Waals surface area contributed by atoms with E-state index in [0.29, 0.717) is 29.2 Å². The minimum Gasteiger partial charge on any atom is -0.484 e. The van der Waals surface area contributed by atoms with Crippen molar-refractivity contribution in [3.05, 3.63) is 58.4 Å². The number of benzene rings is 2. The Hall–Kier alpha value is -2.60. The maximum absolute atomic E-state index is 14.1. The van der Waals surface area contributed by atoms with Crippen molar-refractivity contribution in [1.82, 2.24) is 4.90 Å². The van der Waals surface area contributed by atoms with E-state index in [1.54, 1.807) is 29.2 Å². The van der Waals surface area contributed by atoms with Gasteiger partial charge in [0.2, 0.25) is 5.91 Å². The van der Waals surface area contributed by atoms with Crippen LogP contribution in [0.5, 0.6) is 5.75 Å². The highest BCUT2D eigenvalue weighted by molar-refractivity contribution is 6.31. The van der Waals surface area contributed by atoms with Gasteiger partial charge in [-0.3, -0.25) is 9.59 Å². The van der Waals surface area contributed by atoms with Gasteiger partial charge < -0.3 is 15.0 Å².